The van der Waals surface area contributed by atoms with Gasteiger partial charge < -0.3 is 34.6 Å². The molecule has 11 heteroatoms. The molecule has 1 unspecified atom stereocenters. The van der Waals surface area contributed by atoms with Crippen LogP contribution in [-0.2, 0) is 18.9 Å². The van der Waals surface area contributed by atoms with Gasteiger partial charge in [0.1, 0.15) is 41.7 Å². The third-order valence-electron chi connectivity index (χ3n) is 6.73. The van der Waals surface area contributed by atoms with Crippen LogP contribution in [0, 0.1) is 0 Å². The number of anilines is 1. The molecule has 1 amide bonds. The lowest BCUT2D eigenvalue weighted by Gasteiger charge is -2.30. The molecule has 3 saturated heterocycles. The van der Waals surface area contributed by atoms with Crippen LogP contribution in [0.15, 0.2) is 18.6 Å². The molecule has 0 aliphatic carbocycles. The van der Waals surface area contributed by atoms with Crippen LogP contribution < -0.4 is 11.1 Å². The molecule has 0 bridgehead atoms. The molecular weight excluding hydrogens is 452 g/mol. The van der Waals surface area contributed by atoms with E-state index in [1.165, 1.54) is 6.33 Å². The van der Waals surface area contributed by atoms with Gasteiger partial charge in [-0.05, 0) is 60.1 Å². The van der Waals surface area contributed by atoms with E-state index in [-0.39, 0.29) is 24.4 Å². The number of nitrogen functional groups attached to an aromatic ring is 1. The Bertz CT molecular complexity index is 1080. The van der Waals surface area contributed by atoms with Crippen molar-refractivity contribution in [2.24, 2.45) is 0 Å². The zero-order valence-electron chi connectivity index (χ0n) is 21.1. The number of alkyl carbamates (subject to hydrolysis) is 1. The summed E-state index contributed by atoms with van der Waals surface area (Å²) in [5.41, 5.74) is 6.23. The second kappa shape index (κ2) is 8.88. The van der Waals surface area contributed by atoms with Crippen molar-refractivity contribution < 1.29 is 23.7 Å². The first kappa shape index (κ1) is 24.2. The zero-order valence-corrected chi connectivity index (χ0v) is 21.1. The number of ether oxygens (including phenoxy) is 4. The highest BCUT2D eigenvalue weighted by Gasteiger charge is 2.56. The van der Waals surface area contributed by atoms with Gasteiger partial charge in [0.25, 0.3) is 0 Å². The third kappa shape index (κ3) is 4.95. The van der Waals surface area contributed by atoms with E-state index in [1.54, 1.807) is 0 Å². The van der Waals surface area contributed by atoms with Crippen molar-refractivity contribution in [3.63, 3.8) is 0 Å². The van der Waals surface area contributed by atoms with Crippen LogP contribution in [0.1, 0.15) is 53.7 Å². The molecule has 0 saturated carbocycles. The van der Waals surface area contributed by atoms with Crippen molar-refractivity contribution in [3.05, 3.63) is 18.6 Å². The fourth-order valence-corrected chi connectivity index (χ4v) is 5.34. The van der Waals surface area contributed by atoms with Crippen LogP contribution in [0.5, 0.6) is 0 Å². The minimum atomic E-state index is -0.713. The van der Waals surface area contributed by atoms with E-state index in [9.17, 15) is 4.79 Å². The lowest BCUT2D eigenvalue weighted by molar-refractivity contribution is -0.198. The number of aromatic nitrogens is 3. The number of nitrogens with zero attached hydrogens (tertiary/aromatic N) is 4. The van der Waals surface area contributed by atoms with Gasteiger partial charge in [0.2, 0.25) is 0 Å². The van der Waals surface area contributed by atoms with E-state index in [0.717, 1.165) is 24.8 Å². The largest absolute Gasteiger partial charge is 0.444 e. The molecule has 35 heavy (non-hydrogen) atoms. The number of amides is 1. The molecule has 2 aromatic heterocycles. The lowest BCUT2D eigenvalue weighted by atomic mass is 10.1. The normalized spacial score (nSPS) is 30.6. The Morgan fingerprint density at radius 3 is 2.83 bits per heavy atom. The quantitative estimate of drug-likeness (QED) is 0.652. The van der Waals surface area contributed by atoms with E-state index in [4.69, 9.17) is 24.7 Å². The van der Waals surface area contributed by atoms with Gasteiger partial charge in [0.15, 0.2) is 12.0 Å². The number of hydrogen-bond acceptors (Lipinski definition) is 9. The summed E-state index contributed by atoms with van der Waals surface area (Å²) in [4.78, 5) is 23.0. The first-order chi connectivity index (χ1) is 16.5. The van der Waals surface area contributed by atoms with Gasteiger partial charge in [-0.3, -0.25) is 4.90 Å². The Kier molecular flexibility index (Phi) is 6.15. The maximum absolute atomic E-state index is 12.2. The second-order valence-corrected chi connectivity index (χ2v) is 11.0. The number of hydrogen-bond donors (Lipinski definition) is 2. The Morgan fingerprint density at radius 2 is 2.06 bits per heavy atom. The number of nitrogens with two attached hydrogens (primary N) is 1. The van der Waals surface area contributed by atoms with Crippen LogP contribution in [0.3, 0.4) is 0 Å². The monoisotopic (exact) mass is 488 g/mol. The molecule has 0 spiro atoms. The van der Waals surface area contributed by atoms with E-state index in [0.29, 0.717) is 24.6 Å². The van der Waals surface area contributed by atoms with Crippen molar-refractivity contribution in [3.8, 4) is 0 Å². The summed E-state index contributed by atoms with van der Waals surface area (Å²) in [6.07, 6.45) is 3.92. The van der Waals surface area contributed by atoms with Crippen LogP contribution in [0.2, 0.25) is 0 Å². The average molecular weight is 489 g/mol. The number of likely N-dealkylation sites (tertiary alicyclic amines) is 1. The molecule has 5 heterocycles. The molecule has 3 aliphatic rings. The van der Waals surface area contributed by atoms with Crippen molar-refractivity contribution >= 4 is 22.9 Å². The minimum Gasteiger partial charge on any atom is -0.444 e. The number of carbonyl (C=O) groups excluding carboxylic acids is 1. The van der Waals surface area contributed by atoms with Gasteiger partial charge in [0, 0.05) is 25.3 Å². The van der Waals surface area contributed by atoms with Crippen molar-refractivity contribution in [2.45, 2.75) is 89.4 Å². The molecule has 5 atom stereocenters. The maximum Gasteiger partial charge on any atom is 0.407 e. The van der Waals surface area contributed by atoms with E-state index < -0.39 is 23.7 Å². The minimum absolute atomic E-state index is 0.203. The molecule has 11 nitrogen and oxygen atoms in total. The summed E-state index contributed by atoms with van der Waals surface area (Å²) < 4.78 is 26.5. The Balaban J connectivity index is 1.30. The summed E-state index contributed by atoms with van der Waals surface area (Å²) in [5, 5.41) is 3.70. The van der Waals surface area contributed by atoms with Crippen LogP contribution >= 0.6 is 0 Å². The summed E-state index contributed by atoms with van der Waals surface area (Å²) >= 11 is 0. The first-order valence-electron chi connectivity index (χ1n) is 12.3. The molecule has 0 radical (unpaired) electrons. The van der Waals surface area contributed by atoms with Crippen molar-refractivity contribution in [1.29, 1.82) is 0 Å². The first-order valence-corrected chi connectivity index (χ1v) is 12.3. The second-order valence-electron chi connectivity index (χ2n) is 11.0. The van der Waals surface area contributed by atoms with Gasteiger partial charge in [-0.15, -0.1) is 0 Å². The van der Waals surface area contributed by atoms with Gasteiger partial charge in [0.05, 0.1) is 5.39 Å². The smallest absolute Gasteiger partial charge is 0.407 e. The molecule has 192 valence electrons. The zero-order chi connectivity index (χ0) is 25.0. The standard InChI is InChI=1S/C24H36N6O5/c1-23(2,3)35-22(31)26-11-14-7-6-9-29(14)12-16-17-18(34-24(4,5)33-17)21(32-16)30-10-8-15-19(25)27-13-28-20(15)30/h8,10,13-14,16-18,21H,6-7,9,11-12H2,1-5H3,(H,26,31)(H2,25,27,28)/t14?,16-,17-,18-,21-/m1/s1. The Labute approximate surface area is 205 Å². The van der Waals surface area contributed by atoms with Crippen LogP contribution in [-0.4, -0.2) is 80.9 Å². The third-order valence-corrected chi connectivity index (χ3v) is 6.73. The summed E-state index contributed by atoms with van der Waals surface area (Å²) in [6, 6.07) is 2.11. The van der Waals surface area contributed by atoms with Crippen molar-refractivity contribution in [2.75, 3.05) is 25.4 Å². The van der Waals surface area contributed by atoms with E-state index >= 15 is 0 Å². The van der Waals surface area contributed by atoms with Crippen LogP contribution in [0.4, 0.5) is 10.6 Å². The summed E-state index contributed by atoms with van der Waals surface area (Å²) in [6.45, 7) is 11.6. The summed E-state index contributed by atoms with van der Waals surface area (Å²) in [5.74, 6) is -0.281. The SMILES string of the molecule is CC(C)(C)OC(=O)NCC1CCCN1C[C@H]1O[C@@H](n2ccc3c(N)ncnc32)[C@@H]2OC(C)(C)O[C@@H]21. The maximum atomic E-state index is 12.2. The molecule has 0 aromatic carbocycles. The lowest BCUT2D eigenvalue weighted by Crippen LogP contribution is -2.46. The van der Waals surface area contributed by atoms with Crippen molar-refractivity contribution in [1.82, 2.24) is 24.8 Å². The number of fused-ring (bicyclic) bond motifs is 2. The predicted octanol–water partition coefficient (Wildman–Crippen LogP) is 2.42. The van der Waals surface area contributed by atoms with E-state index in [1.807, 2.05) is 51.4 Å². The number of nitrogens with one attached hydrogen (secondary N) is 1. The summed E-state index contributed by atoms with van der Waals surface area (Å²) in [7, 11) is 0. The highest BCUT2D eigenvalue weighted by Crippen LogP contribution is 2.44. The highest BCUT2D eigenvalue weighted by atomic mass is 16.8. The van der Waals surface area contributed by atoms with Gasteiger partial charge >= 0.3 is 6.09 Å². The number of carbonyl (C=O) groups is 1. The Morgan fingerprint density at radius 1 is 1.29 bits per heavy atom. The topological polar surface area (TPSA) is 126 Å². The van der Waals surface area contributed by atoms with Crippen LogP contribution in [0.25, 0.3) is 11.0 Å². The molecule has 3 aliphatic heterocycles. The van der Waals surface area contributed by atoms with Gasteiger partial charge in [-0.25, -0.2) is 14.8 Å². The van der Waals surface area contributed by atoms with E-state index in [2.05, 4.69) is 20.2 Å². The molecule has 3 N–H and O–H groups in total. The molecule has 3 fully saturated rings. The molecule has 5 rings (SSSR count). The highest BCUT2D eigenvalue weighted by molar-refractivity contribution is 5.86. The number of rotatable bonds is 5. The Hall–Kier alpha value is -2.47. The average Bonchev–Trinajstić information content (AvgIpc) is 3.50. The van der Waals surface area contributed by atoms with Gasteiger partial charge in [-0.1, -0.05) is 0 Å². The fourth-order valence-electron chi connectivity index (χ4n) is 5.34. The fraction of sp³-hybridized carbons (Fsp3) is 0.708. The molecular formula is C24H36N6O5. The molecule has 2 aromatic rings. The predicted molar refractivity (Wildman–Crippen MR) is 129 cm³/mol. The van der Waals surface area contributed by atoms with Gasteiger partial charge in [-0.2, -0.15) is 0 Å².